The molecule has 1 aromatic carbocycles. The zero-order chi connectivity index (χ0) is 15.1. The minimum atomic E-state index is -0.0513. The first-order valence-electron chi connectivity index (χ1n) is 7.55. The normalized spacial score (nSPS) is 17.4. The summed E-state index contributed by atoms with van der Waals surface area (Å²) in [6, 6.07) is 7.62. The van der Waals surface area contributed by atoms with Crippen molar-refractivity contribution in [2.45, 2.75) is 32.3 Å². The Hall–Kier alpha value is -1.91. The van der Waals surface area contributed by atoms with Gasteiger partial charge in [-0.25, -0.2) is 4.99 Å². The number of para-hydroxylation sites is 2. The second-order valence-corrected chi connectivity index (χ2v) is 5.33. The predicted molar refractivity (Wildman–Crippen MR) is 85.0 cm³/mol. The van der Waals surface area contributed by atoms with E-state index in [1.807, 2.05) is 31.2 Å². The first-order chi connectivity index (χ1) is 10.2. The topological polar surface area (TPSA) is 60.1 Å². The molecule has 1 unspecified atom stereocenters. The van der Waals surface area contributed by atoms with Crippen LogP contribution in [0.4, 0.5) is 0 Å². The highest BCUT2D eigenvalue weighted by Gasteiger charge is 2.13. The minimum absolute atomic E-state index is 0.0513. The summed E-state index contributed by atoms with van der Waals surface area (Å²) in [6.45, 7) is 4.55. The summed E-state index contributed by atoms with van der Waals surface area (Å²) in [7, 11) is 1.64. The summed E-state index contributed by atoms with van der Waals surface area (Å²) in [5.41, 5.74) is 6.04. The monoisotopic (exact) mass is 291 g/mol. The molecule has 0 aromatic heterocycles. The summed E-state index contributed by atoms with van der Waals surface area (Å²) >= 11 is 0. The SMILES string of the molecule is COc1ccccc1OC(C)CN=C(N)N1CCCCC1. The molecule has 1 aromatic rings. The third kappa shape index (κ3) is 4.55. The lowest BCUT2D eigenvalue weighted by Gasteiger charge is -2.27. The molecule has 5 nitrogen and oxygen atoms in total. The maximum atomic E-state index is 6.04. The standard InChI is InChI=1S/C16H25N3O2/c1-13(21-15-9-5-4-8-14(15)20-2)12-18-16(17)19-10-6-3-7-11-19/h4-5,8-9,13H,3,6-7,10-12H2,1-2H3,(H2,17,18). The Morgan fingerprint density at radius 2 is 1.90 bits per heavy atom. The Morgan fingerprint density at radius 1 is 1.24 bits per heavy atom. The fourth-order valence-electron chi connectivity index (χ4n) is 2.42. The molecule has 1 saturated heterocycles. The van der Waals surface area contributed by atoms with Gasteiger partial charge in [-0.15, -0.1) is 0 Å². The van der Waals surface area contributed by atoms with Crippen LogP contribution >= 0.6 is 0 Å². The molecule has 116 valence electrons. The molecule has 0 aliphatic carbocycles. The number of piperidine rings is 1. The zero-order valence-corrected chi connectivity index (χ0v) is 12.9. The third-order valence-electron chi connectivity index (χ3n) is 3.59. The highest BCUT2D eigenvalue weighted by atomic mass is 16.5. The Morgan fingerprint density at radius 3 is 2.57 bits per heavy atom. The van der Waals surface area contributed by atoms with E-state index in [1.54, 1.807) is 7.11 Å². The van der Waals surface area contributed by atoms with Gasteiger partial charge in [0.05, 0.1) is 13.7 Å². The van der Waals surface area contributed by atoms with E-state index in [1.165, 1.54) is 19.3 Å². The van der Waals surface area contributed by atoms with Crippen molar-refractivity contribution < 1.29 is 9.47 Å². The van der Waals surface area contributed by atoms with Crippen LogP contribution in [-0.2, 0) is 0 Å². The summed E-state index contributed by atoms with van der Waals surface area (Å²) < 4.78 is 11.1. The number of rotatable bonds is 5. The molecule has 0 radical (unpaired) electrons. The van der Waals surface area contributed by atoms with Gasteiger partial charge in [-0.3, -0.25) is 0 Å². The molecule has 0 amide bonds. The molecule has 1 atom stereocenters. The van der Waals surface area contributed by atoms with Gasteiger partial charge in [-0.2, -0.15) is 0 Å². The lowest BCUT2D eigenvalue weighted by Crippen LogP contribution is -2.41. The lowest BCUT2D eigenvalue weighted by atomic mass is 10.1. The molecule has 1 heterocycles. The average Bonchev–Trinajstić information content (AvgIpc) is 2.54. The third-order valence-corrected chi connectivity index (χ3v) is 3.59. The Balaban J connectivity index is 1.87. The molecule has 2 rings (SSSR count). The Bertz CT molecular complexity index is 470. The molecule has 21 heavy (non-hydrogen) atoms. The number of hydrogen-bond donors (Lipinski definition) is 1. The summed E-state index contributed by atoms with van der Waals surface area (Å²) in [5.74, 6) is 2.10. The number of nitrogens with zero attached hydrogens (tertiary/aromatic N) is 2. The van der Waals surface area contributed by atoms with Crippen LogP contribution in [0.5, 0.6) is 11.5 Å². The van der Waals surface area contributed by atoms with Gasteiger partial charge >= 0.3 is 0 Å². The van der Waals surface area contributed by atoms with Gasteiger partial charge < -0.3 is 20.1 Å². The molecule has 2 N–H and O–H groups in total. The summed E-state index contributed by atoms with van der Waals surface area (Å²) in [4.78, 5) is 6.61. The van der Waals surface area contributed by atoms with E-state index >= 15 is 0 Å². The Labute approximate surface area is 126 Å². The number of benzene rings is 1. The number of methoxy groups -OCH3 is 1. The molecular weight excluding hydrogens is 266 g/mol. The first kappa shape index (κ1) is 15.5. The second-order valence-electron chi connectivity index (χ2n) is 5.33. The maximum Gasteiger partial charge on any atom is 0.191 e. The van der Waals surface area contributed by atoms with Gasteiger partial charge in [-0.1, -0.05) is 12.1 Å². The lowest BCUT2D eigenvalue weighted by molar-refractivity contribution is 0.218. The highest BCUT2D eigenvalue weighted by Crippen LogP contribution is 2.26. The van der Waals surface area contributed by atoms with E-state index in [9.17, 15) is 0 Å². The fourth-order valence-corrected chi connectivity index (χ4v) is 2.42. The van der Waals surface area contributed by atoms with Crippen molar-refractivity contribution in [3.8, 4) is 11.5 Å². The zero-order valence-electron chi connectivity index (χ0n) is 12.9. The van der Waals surface area contributed by atoms with Crippen LogP contribution in [0.1, 0.15) is 26.2 Å². The van der Waals surface area contributed by atoms with Gasteiger partial charge in [0.1, 0.15) is 6.10 Å². The molecule has 0 bridgehead atoms. The van der Waals surface area contributed by atoms with E-state index in [-0.39, 0.29) is 6.10 Å². The van der Waals surface area contributed by atoms with Crippen LogP contribution in [0.3, 0.4) is 0 Å². The van der Waals surface area contributed by atoms with E-state index < -0.39 is 0 Å². The van der Waals surface area contributed by atoms with E-state index in [0.717, 1.165) is 24.6 Å². The van der Waals surface area contributed by atoms with E-state index in [4.69, 9.17) is 15.2 Å². The van der Waals surface area contributed by atoms with Crippen molar-refractivity contribution >= 4 is 5.96 Å². The van der Waals surface area contributed by atoms with Crippen LogP contribution < -0.4 is 15.2 Å². The highest BCUT2D eigenvalue weighted by molar-refractivity contribution is 5.78. The second kappa shape index (κ2) is 7.76. The molecule has 0 spiro atoms. The number of likely N-dealkylation sites (tertiary alicyclic amines) is 1. The minimum Gasteiger partial charge on any atom is -0.493 e. The van der Waals surface area contributed by atoms with Crippen molar-refractivity contribution in [3.63, 3.8) is 0 Å². The van der Waals surface area contributed by atoms with Gasteiger partial charge in [0.25, 0.3) is 0 Å². The van der Waals surface area contributed by atoms with Gasteiger partial charge in [0.2, 0.25) is 0 Å². The van der Waals surface area contributed by atoms with Crippen LogP contribution in [0, 0.1) is 0 Å². The molecule has 0 saturated carbocycles. The number of nitrogens with two attached hydrogens (primary N) is 1. The molecule has 5 heteroatoms. The molecular formula is C16H25N3O2. The quantitative estimate of drug-likeness (QED) is 0.668. The fraction of sp³-hybridized carbons (Fsp3) is 0.562. The van der Waals surface area contributed by atoms with Crippen molar-refractivity contribution in [1.29, 1.82) is 0 Å². The van der Waals surface area contributed by atoms with Crippen LogP contribution in [-0.4, -0.2) is 43.7 Å². The van der Waals surface area contributed by atoms with Crippen molar-refractivity contribution in [3.05, 3.63) is 24.3 Å². The van der Waals surface area contributed by atoms with Gasteiger partial charge in [0.15, 0.2) is 17.5 Å². The molecule has 1 aliphatic rings. The Kier molecular flexibility index (Phi) is 5.72. The van der Waals surface area contributed by atoms with E-state index in [2.05, 4.69) is 9.89 Å². The van der Waals surface area contributed by atoms with Crippen molar-refractivity contribution in [2.24, 2.45) is 10.7 Å². The first-order valence-corrected chi connectivity index (χ1v) is 7.55. The van der Waals surface area contributed by atoms with Gasteiger partial charge in [-0.05, 0) is 38.3 Å². The number of ether oxygens (including phenoxy) is 2. The largest absolute Gasteiger partial charge is 0.493 e. The van der Waals surface area contributed by atoms with Crippen LogP contribution in [0.25, 0.3) is 0 Å². The smallest absolute Gasteiger partial charge is 0.191 e. The maximum absolute atomic E-state index is 6.04. The summed E-state index contributed by atoms with van der Waals surface area (Å²) in [6.07, 6.45) is 3.63. The molecule has 1 fully saturated rings. The number of guanidine groups is 1. The predicted octanol–water partition coefficient (Wildman–Crippen LogP) is 2.26. The van der Waals surface area contributed by atoms with E-state index in [0.29, 0.717) is 12.5 Å². The van der Waals surface area contributed by atoms with Crippen LogP contribution in [0.15, 0.2) is 29.3 Å². The number of aliphatic imine (C=N–C) groups is 1. The van der Waals surface area contributed by atoms with Crippen molar-refractivity contribution in [2.75, 3.05) is 26.7 Å². The molecule has 1 aliphatic heterocycles. The van der Waals surface area contributed by atoms with Crippen LogP contribution in [0.2, 0.25) is 0 Å². The summed E-state index contributed by atoms with van der Waals surface area (Å²) in [5, 5.41) is 0. The van der Waals surface area contributed by atoms with Gasteiger partial charge in [0, 0.05) is 13.1 Å². The average molecular weight is 291 g/mol. The number of hydrogen-bond acceptors (Lipinski definition) is 3. The van der Waals surface area contributed by atoms with Crippen molar-refractivity contribution in [1.82, 2.24) is 4.90 Å².